The molecule has 0 saturated carbocycles. The molecule has 0 saturated heterocycles. The second-order valence-electron chi connectivity index (χ2n) is 7.98. The number of thioether (sulfide) groups is 1. The molecule has 0 radical (unpaired) electrons. The van der Waals surface area contributed by atoms with Crippen LogP contribution in [0.4, 0.5) is 5.69 Å². The van der Waals surface area contributed by atoms with Gasteiger partial charge in [0.05, 0.1) is 12.0 Å². The van der Waals surface area contributed by atoms with Crippen LogP contribution in [0.15, 0.2) is 83.1 Å². The standard InChI is InChI=1S/C27H27ClN6O2S/c1-3-33(4-2)23-13-10-20(24(35)16-23)17-29-30-25(36)18-37-27-32-31-26(19-8-6-5-7-9-19)34(27)22-14-11-21(28)12-15-22/h5-17,35H,3-4,18H2,1-2H3,(H,30,36). The van der Waals surface area contributed by atoms with E-state index in [1.165, 1.54) is 18.0 Å². The summed E-state index contributed by atoms with van der Waals surface area (Å²) in [4.78, 5) is 14.6. The van der Waals surface area contributed by atoms with E-state index in [9.17, 15) is 9.90 Å². The fourth-order valence-corrected chi connectivity index (χ4v) is 4.59. The van der Waals surface area contributed by atoms with Crippen LogP contribution in [0, 0.1) is 0 Å². The minimum absolute atomic E-state index is 0.0741. The largest absolute Gasteiger partial charge is 0.507 e. The van der Waals surface area contributed by atoms with Crippen molar-refractivity contribution in [2.45, 2.75) is 19.0 Å². The molecule has 0 aliphatic heterocycles. The number of hydrazone groups is 1. The number of anilines is 1. The normalized spacial score (nSPS) is 11.1. The maximum atomic E-state index is 12.5. The van der Waals surface area contributed by atoms with Crippen molar-refractivity contribution < 1.29 is 9.90 Å². The molecule has 4 aromatic rings. The monoisotopic (exact) mass is 534 g/mol. The van der Waals surface area contributed by atoms with E-state index in [4.69, 9.17) is 11.6 Å². The molecule has 0 fully saturated rings. The quantitative estimate of drug-likeness (QED) is 0.161. The van der Waals surface area contributed by atoms with Crippen molar-refractivity contribution >= 4 is 41.2 Å². The van der Waals surface area contributed by atoms with Gasteiger partial charge in [-0.25, -0.2) is 5.43 Å². The third kappa shape index (κ3) is 6.49. The molecule has 1 heterocycles. The van der Waals surface area contributed by atoms with E-state index in [-0.39, 0.29) is 17.4 Å². The van der Waals surface area contributed by atoms with Crippen LogP contribution in [-0.2, 0) is 4.79 Å². The number of carbonyl (C=O) groups excluding carboxylic acids is 1. The van der Waals surface area contributed by atoms with E-state index in [2.05, 4.69) is 39.5 Å². The van der Waals surface area contributed by atoms with Gasteiger partial charge in [-0.15, -0.1) is 10.2 Å². The lowest BCUT2D eigenvalue weighted by atomic mass is 10.2. The molecule has 0 bridgehead atoms. The Bertz CT molecular complexity index is 1370. The van der Waals surface area contributed by atoms with Gasteiger partial charge in [0.1, 0.15) is 5.75 Å². The van der Waals surface area contributed by atoms with Gasteiger partial charge in [-0.3, -0.25) is 9.36 Å². The predicted octanol–water partition coefficient (Wildman–Crippen LogP) is 5.38. The second-order valence-corrected chi connectivity index (χ2v) is 9.36. The van der Waals surface area contributed by atoms with Crippen LogP contribution >= 0.6 is 23.4 Å². The first-order chi connectivity index (χ1) is 18.0. The Balaban J connectivity index is 1.44. The van der Waals surface area contributed by atoms with Gasteiger partial charge in [-0.05, 0) is 50.2 Å². The summed E-state index contributed by atoms with van der Waals surface area (Å²) in [5.41, 5.74) is 5.68. The number of hydrogen-bond acceptors (Lipinski definition) is 7. The summed E-state index contributed by atoms with van der Waals surface area (Å²) in [5.74, 6) is 0.520. The molecule has 0 spiro atoms. The number of nitrogens with one attached hydrogen (secondary N) is 1. The number of phenolic OH excluding ortho intramolecular Hbond substituents is 1. The molecule has 0 aliphatic rings. The van der Waals surface area contributed by atoms with Crippen molar-refractivity contribution in [3.05, 3.63) is 83.4 Å². The molecule has 0 aliphatic carbocycles. The highest BCUT2D eigenvalue weighted by molar-refractivity contribution is 7.99. The maximum Gasteiger partial charge on any atom is 0.250 e. The molecule has 37 heavy (non-hydrogen) atoms. The molecule has 2 N–H and O–H groups in total. The summed E-state index contributed by atoms with van der Waals surface area (Å²) >= 11 is 7.32. The molecule has 190 valence electrons. The zero-order chi connectivity index (χ0) is 26.2. The molecule has 0 unspecified atom stereocenters. The Morgan fingerprint density at radius 1 is 1.08 bits per heavy atom. The topological polar surface area (TPSA) is 95.6 Å². The number of phenols is 1. The van der Waals surface area contributed by atoms with Gasteiger partial charge in [-0.2, -0.15) is 5.10 Å². The summed E-state index contributed by atoms with van der Waals surface area (Å²) in [6.45, 7) is 5.80. The number of amides is 1. The van der Waals surface area contributed by atoms with E-state index in [1.54, 1.807) is 24.3 Å². The lowest BCUT2D eigenvalue weighted by molar-refractivity contribution is -0.118. The third-order valence-electron chi connectivity index (χ3n) is 5.62. The van der Waals surface area contributed by atoms with Crippen LogP contribution in [0.3, 0.4) is 0 Å². The van der Waals surface area contributed by atoms with Gasteiger partial charge >= 0.3 is 0 Å². The van der Waals surface area contributed by atoms with Crippen molar-refractivity contribution in [3.63, 3.8) is 0 Å². The highest BCUT2D eigenvalue weighted by Crippen LogP contribution is 2.28. The van der Waals surface area contributed by atoms with Gasteiger partial charge < -0.3 is 10.0 Å². The number of carbonyl (C=O) groups is 1. The van der Waals surface area contributed by atoms with Crippen molar-refractivity contribution in [2.24, 2.45) is 5.10 Å². The Morgan fingerprint density at radius 3 is 2.49 bits per heavy atom. The fraction of sp³-hybridized carbons (Fsp3) is 0.185. The van der Waals surface area contributed by atoms with Crippen LogP contribution in [-0.4, -0.2) is 50.8 Å². The minimum Gasteiger partial charge on any atom is -0.507 e. The Hall–Kier alpha value is -3.82. The van der Waals surface area contributed by atoms with Crippen molar-refractivity contribution in [3.8, 4) is 22.8 Å². The first kappa shape index (κ1) is 26.2. The van der Waals surface area contributed by atoms with Crippen LogP contribution in [0.2, 0.25) is 5.02 Å². The van der Waals surface area contributed by atoms with Gasteiger partial charge in [0, 0.05) is 46.7 Å². The SMILES string of the molecule is CCN(CC)c1ccc(C=NNC(=O)CSc2nnc(-c3ccccc3)n2-c2ccc(Cl)cc2)c(O)c1. The molecular weight excluding hydrogens is 508 g/mol. The molecule has 0 atom stereocenters. The number of hydrogen-bond donors (Lipinski definition) is 2. The van der Waals surface area contributed by atoms with Gasteiger partial charge in [0.25, 0.3) is 5.91 Å². The molecular formula is C27H27ClN6O2S. The van der Waals surface area contributed by atoms with Gasteiger partial charge in [-0.1, -0.05) is 53.7 Å². The van der Waals surface area contributed by atoms with Crippen LogP contribution < -0.4 is 10.3 Å². The van der Waals surface area contributed by atoms with Crippen LogP contribution in [0.25, 0.3) is 17.1 Å². The summed E-state index contributed by atoms with van der Waals surface area (Å²) in [7, 11) is 0. The zero-order valence-corrected chi connectivity index (χ0v) is 22.1. The lowest BCUT2D eigenvalue weighted by Crippen LogP contribution is -2.21. The van der Waals surface area contributed by atoms with Crippen LogP contribution in [0.5, 0.6) is 5.75 Å². The van der Waals surface area contributed by atoms with Crippen molar-refractivity contribution in [1.29, 1.82) is 0 Å². The summed E-state index contributed by atoms with van der Waals surface area (Å²) in [6.07, 6.45) is 1.42. The fourth-order valence-electron chi connectivity index (χ4n) is 3.72. The third-order valence-corrected chi connectivity index (χ3v) is 6.80. The summed E-state index contributed by atoms with van der Waals surface area (Å²) < 4.78 is 1.89. The van der Waals surface area contributed by atoms with Crippen molar-refractivity contribution in [1.82, 2.24) is 20.2 Å². The van der Waals surface area contributed by atoms with E-state index in [0.29, 0.717) is 21.6 Å². The molecule has 10 heteroatoms. The van der Waals surface area contributed by atoms with E-state index in [0.717, 1.165) is 30.0 Å². The molecule has 4 rings (SSSR count). The number of halogens is 1. The maximum absolute atomic E-state index is 12.5. The first-order valence-electron chi connectivity index (χ1n) is 11.8. The van der Waals surface area contributed by atoms with E-state index >= 15 is 0 Å². The van der Waals surface area contributed by atoms with Crippen molar-refractivity contribution in [2.75, 3.05) is 23.7 Å². The molecule has 3 aromatic carbocycles. The van der Waals surface area contributed by atoms with Crippen LogP contribution in [0.1, 0.15) is 19.4 Å². The number of nitrogens with zero attached hydrogens (tertiary/aromatic N) is 5. The smallest absolute Gasteiger partial charge is 0.250 e. The first-order valence-corrected chi connectivity index (χ1v) is 13.2. The molecule has 1 aromatic heterocycles. The highest BCUT2D eigenvalue weighted by Gasteiger charge is 2.17. The molecule has 1 amide bonds. The Morgan fingerprint density at radius 2 is 1.81 bits per heavy atom. The van der Waals surface area contributed by atoms with E-state index in [1.807, 2.05) is 53.1 Å². The molecule has 8 nitrogen and oxygen atoms in total. The second kappa shape index (κ2) is 12.4. The average Bonchev–Trinajstić information content (AvgIpc) is 3.34. The number of rotatable bonds is 10. The highest BCUT2D eigenvalue weighted by atomic mass is 35.5. The number of aromatic nitrogens is 3. The Kier molecular flexibility index (Phi) is 8.81. The number of benzene rings is 3. The summed E-state index contributed by atoms with van der Waals surface area (Å²) in [5, 5.41) is 24.2. The lowest BCUT2D eigenvalue weighted by Gasteiger charge is -2.21. The Labute approximate surface area is 225 Å². The average molecular weight is 535 g/mol. The predicted molar refractivity (Wildman–Crippen MR) is 150 cm³/mol. The van der Waals surface area contributed by atoms with E-state index < -0.39 is 0 Å². The minimum atomic E-state index is -0.313. The zero-order valence-electron chi connectivity index (χ0n) is 20.5. The summed E-state index contributed by atoms with van der Waals surface area (Å²) in [6, 6.07) is 22.4. The van der Waals surface area contributed by atoms with Gasteiger partial charge in [0.2, 0.25) is 0 Å². The van der Waals surface area contributed by atoms with Gasteiger partial charge in [0.15, 0.2) is 11.0 Å². The number of aromatic hydroxyl groups is 1.